The van der Waals surface area contributed by atoms with Gasteiger partial charge in [-0.05, 0) is 23.8 Å². The maximum atomic E-state index is 10.5. The molecule has 1 aromatic rings. The van der Waals surface area contributed by atoms with Crippen LogP contribution in [0.4, 0.5) is 0 Å². The Balaban J connectivity index is 3.08. The number of halogens is 1. The van der Waals surface area contributed by atoms with E-state index in [0.717, 1.165) is 0 Å². The monoisotopic (exact) mass is 216 g/mol. The van der Waals surface area contributed by atoms with Gasteiger partial charge in [-0.3, -0.25) is 0 Å². The maximum Gasteiger partial charge on any atom is 0.337 e. The van der Waals surface area contributed by atoms with E-state index < -0.39 is 12.1 Å². The first-order chi connectivity index (χ1) is 6.54. The van der Waals surface area contributed by atoms with E-state index in [2.05, 4.69) is 0 Å². The number of aliphatic hydroxyl groups excluding tert-OH is 1. The van der Waals surface area contributed by atoms with Crippen LogP contribution in [-0.4, -0.2) is 23.3 Å². The summed E-state index contributed by atoms with van der Waals surface area (Å²) in [5, 5.41) is 18.1. The molecule has 1 rings (SSSR count). The van der Waals surface area contributed by atoms with Gasteiger partial charge in [0, 0.05) is 5.02 Å². The molecule has 1 aromatic carbocycles. The van der Waals surface area contributed by atoms with Gasteiger partial charge in [0.1, 0.15) is 5.75 Å². The zero-order valence-electron chi connectivity index (χ0n) is 7.40. The van der Waals surface area contributed by atoms with Crippen LogP contribution in [0, 0.1) is 0 Å². The van der Waals surface area contributed by atoms with Crippen molar-refractivity contribution < 1.29 is 19.7 Å². The van der Waals surface area contributed by atoms with Crippen molar-refractivity contribution in [3.8, 4) is 5.75 Å². The third-order valence-electron chi connectivity index (χ3n) is 1.68. The molecule has 0 aromatic heterocycles. The predicted molar refractivity (Wildman–Crippen MR) is 50.6 cm³/mol. The summed E-state index contributed by atoms with van der Waals surface area (Å²) in [6.07, 6.45) is -1.58. The minimum atomic E-state index is -1.58. The molecule has 0 radical (unpaired) electrons. The number of hydrogen-bond donors (Lipinski definition) is 2. The molecule has 0 spiro atoms. The zero-order valence-corrected chi connectivity index (χ0v) is 8.15. The van der Waals surface area contributed by atoms with Crippen molar-refractivity contribution in [1.29, 1.82) is 0 Å². The second kappa shape index (κ2) is 4.30. The Kier molecular flexibility index (Phi) is 3.33. The molecule has 2 N–H and O–H groups in total. The Morgan fingerprint density at radius 1 is 1.50 bits per heavy atom. The second-order valence-corrected chi connectivity index (χ2v) is 3.10. The molecule has 0 heterocycles. The molecule has 0 aliphatic heterocycles. The summed E-state index contributed by atoms with van der Waals surface area (Å²) in [4.78, 5) is 10.5. The van der Waals surface area contributed by atoms with Gasteiger partial charge in [-0.1, -0.05) is 11.6 Å². The fourth-order valence-corrected chi connectivity index (χ4v) is 1.24. The van der Waals surface area contributed by atoms with E-state index in [4.69, 9.17) is 21.4 Å². The lowest BCUT2D eigenvalue weighted by atomic mass is 10.1. The molecule has 1 unspecified atom stereocenters. The summed E-state index contributed by atoms with van der Waals surface area (Å²) in [5.74, 6) is -0.915. The van der Waals surface area contributed by atoms with Crippen molar-refractivity contribution in [2.75, 3.05) is 7.11 Å². The zero-order chi connectivity index (χ0) is 10.7. The highest BCUT2D eigenvalue weighted by atomic mass is 35.5. The molecule has 4 nitrogen and oxygen atoms in total. The van der Waals surface area contributed by atoms with E-state index >= 15 is 0 Å². The van der Waals surface area contributed by atoms with Crippen molar-refractivity contribution in [3.05, 3.63) is 28.8 Å². The van der Waals surface area contributed by atoms with E-state index in [0.29, 0.717) is 10.8 Å². The first-order valence-electron chi connectivity index (χ1n) is 3.80. The van der Waals surface area contributed by atoms with Crippen LogP contribution in [0.15, 0.2) is 18.2 Å². The number of hydrogen-bond acceptors (Lipinski definition) is 3. The summed E-state index contributed by atoms with van der Waals surface area (Å²) in [7, 11) is 1.43. The number of carboxylic acids is 1. The fourth-order valence-electron chi connectivity index (χ4n) is 1.00. The van der Waals surface area contributed by atoms with Gasteiger partial charge in [-0.25, -0.2) is 4.79 Å². The third-order valence-corrected chi connectivity index (χ3v) is 1.90. The van der Waals surface area contributed by atoms with Crippen molar-refractivity contribution in [3.63, 3.8) is 0 Å². The number of benzene rings is 1. The van der Waals surface area contributed by atoms with Gasteiger partial charge in [0.15, 0.2) is 6.10 Å². The van der Waals surface area contributed by atoms with E-state index in [-0.39, 0.29) is 5.56 Å². The summed E-state index contributed by atoms with van der Waals surface area (Å²) in [6.45, 7) is 0. The summed E-state index contributed by atoms with van der Waals surface area (Å²) < 4.78 is 4.88. The van der Waals surface area contributed by atoms with Gasteiger partial charge in [0.05, 0.1) is 7.11 Å². The Hall–Kier alpha value is -1.26. The molecular weight excluding hydrogens is 208 g/mol. The number of methoxy groups -OCH3 is 1. The minimum absolute atomic E-state index is 0.196. The lowest BCUT2D eigenvalue weighted by molar-refractivity contribution is -0.146. The van der Waals surface area contributed by atoms with Crippen LogP contribution < -0.4 is 4.74 Å². The highest BCUT2D eigenvalue weighted by molar-refractivity contribution is 6.30. The third kappa shape index (κ3) is 2.37. The molecule has 1 atom stereocenters. The Labute approximate surface area is 85.7 Å². The minimum Gasteiger partial charge on any atom is -0.497 e. The highest BCUT2D eigenvalue weighted by Crippen LogP contribution is 2.24. The van der Waals surface area contributed by atoms with Crippen molar-refractivity contribution in [1.82, 2.24) is 0 Å². The van der Waals surface area contributed by atoms with Crippen molar-refractivity contribution in [2.24, 2.45) is 0 Å². The van der Waals surface area contributed by atoms with Crippen LogP contribution in [0.5, 0.6) is 5.75 Å². The normalized spacial score (nSPS) is 12.2. The van der Waals surface area contributed by atoms with E-state index in [1.165, 1.54) is 25.3 Å². The molecule has 14 heavy (non-hydrogen) atoms. The van der Waals surface area contributed by atoms with Crippen LogP contribution in [0.25, 0.3) is 0 Å². The molecule has 0 fully saturated rings. The van der Waals surface area contributed by atoms with Gasteiger partial charge < -0.3 is 14.9 Å². The van der Waals surface area contributed by atoms with E-state index in [1.807, 2.05) is 0 Å². The summed E-state index contributed by atoms with van der Waals surface area (Å²) >= 11 is 5.69. The van der Waals surface area contributed by atoms with Crippen LogP contribution in [-0.2, 0) is 4.79 Å². The number of ether oxygens (including phenoxy) is 1. The van der Waals surface area contributed by atoms with E-state index in [1.54, 1.807) is 0 Å². The lowest BCUT2D eigenvalue weighted by Gasteiger charge is -2.08. The number of carboxylic acid groups (broad SMARTS) is 1. The molecule has 0 amide bonds. The topological polar surface area (TPSA) is 66.8 Å². The SMILES string of the molecule is COc1cc(Cl)cc(C(O)C(=O)O)c1. The average Bonchev–Trinajstić information content (AvgIpc) is 2.15. The van der Waals surface area contributed by atoms with Crippen LogP contribution >= 0.6 is 11.6 Å². The second-order valence-electron chi connectivity index (χ2n) is 2.67. The van der Waals surface area contributed by atoms with Crippen LogP contribution in [0.1, 0.15) is 11.7 Å². The molecular formula is C9H9ClO4. The van der Waals surface area contributed by atoms with Gasteiger partial charge in [0.2, 0.25) is 0 Å². The smallest absolute Gasteiger partial charge is 0.337 e. The summed E-state index contributed by atoms with van der Waals surface area (Å²) in [5.41, 5.74) is 0.196. The van der Waals surface area contributed by atoms with Gasteiger partial charge in [0.25, 0.3) is 0 Å². The molecule has 5 heteroatoms. The van der Waals surface area contributed by atoms with Crippen molar-refractivity contribution >= 4 is 17.6 Å². The van der Waals surface area contributed by atoms with Gasteiger partial charge in [-0.2, -0.15) is 0 Å². The molecule has 0 saturated heterocycles. The number of aliphatic hydroxyl groups is 1. The maximum absolute atomic E-state index is 10.5. The Morgan fingerprint density at radius 3 is 2.64 bits per heavy atom. The largest absolute Gasteiger partial charge is 0.497 e. The summed E-state index contributed by atoms with van der Waals surface area (Å²) in [6, 6.07) is 4.33. The predicted octanol–water partition coefficient (Wildman–Crippen LogP) is 1.47. The van der Waals surface area contributed by atoms with Crippen LogP contribution in [0.2, 0.25) is 5.02 Å². The standard InChI is InChI=1S/C9H9ClO4/c1-14-7-3-5(2-6(10)4-7)8(11)9(12)13/h2-4,8,11H,1H3,(H,12,13). The fraction of sp³-hybridized carbons (Fsp3) is 0.222. The van der Waals surface area contributed by atoms with Crippen molar-refractivity contribution in [2.45, 2.75) is 6.10 Å². The first-order valence-corrected chi connectivity index (χ1v) is 4.17. The molecule has 0 saturated carbocycles. The number of rotatable bonds is 3. The quantitative estimate of drug-likeness (QED) is 0.803. The molecule has 76 valence electrons. The molecule has 0 bridgehead atoms. The highest BCUT2D eigenvalue weighted by Gasteiger charge is 2.17. The average molecular weight is 217 g/mol. The first kappa shape index (κ1) is 10.8. The van der Waals surface area contributed by atoms with Crippen LogP contribution in [0.3, 0.4) is 0 Å². The Morgan fingerprint density at radius 2 is 2.14 bits per heavy atom. The molecule has 0 aliphatic rings. The molecule has 0 aliphatic carbocycles. The van der Waals surface area contributed by atoms with Gasteiger partial charge >= 0.3 is 5.97 Å². The number of carbonyl (C=O) groups is 1. The van der Waals surface area contributed by atoms with Gasteiger partial charge in [-0.15, -0.1) is 0 Å². The number of aliphatic carboxylic acids is 1. The Bertz CT molecular complexity index is 351. The lowest BCUT2D eigenvalue weighted by Crippen LogP contribution is -2.10. The van der Waals surface area contributed by atoms with E-state index in [9.17, 15) is 9.90 Å².